The SMILES string of the molecule is COCc1c(C(=O)N2CCC(C(=O)NC(C)C(C)C)CC2)sc2cccc(F)c12. The van der Waals surface area contributed by atoms with Gasteiger partial charge in [-0.3, -0.25) is 9.59 Å². The van der Waals surface area contributed by atoms with E-state index >= 15 is 0 Å². The lowest BCUT2D eigenvalue weighted by atomic mass is 9.94. The highest BCUT2D eigenvalue weighted by Gasteiger charge is 2.31. The Hall–Kier alpha value is -1.99. The monoisotopic (exact) mass is 420 g/mol. The molecule has 0 bridgehead atoms. The van der Waals surface area contributed by atoms with Crippen molar-refractivity contribution in [3.8, 4) is 0 Å². The van der Waals surface area contributed by atoms with E-state index in [1.54, 1.807) is 18.1 Å². The molecule has 1 N–H and O–H groups in total. The van der Waals surface area contributed by atoms with Crippen LogP contribution in [0.4, 0.5) is 4.39 Å². The number of fused-ring (bicyclic) bond motifs is 1. The van der Waals surface area contributed by atoms with Crippen molar-refractivity contribution in [2.45, 2.75) is 46.3 Å². The molecule has 1 unspecified atom stereocenters. The Balaban J connectivity index is 1.72. The second-order valence-electron chi connectivity index (χ2n) is 8.06. The van der Waals surface area contributed by atoms with Crippen molar-refractivity contribution < 1.29 is 18.7 Å². The van der Waals surface area contributed by atoms with Crippen LogP contribution in [0, 0.1) is 17.7 Å². The fourth-order valence-electron chi connectivity index (χ4n) is 3.62. The van der Waals surface area contributed by atoms with Crippen LogP contribution < -0.4 is 5.32 Å². The molecule has 1 atom stereocenters. The largest absolute Gasteiger partial charge is 0.380 e. The average Bonchev–Trinajstić information content (AvgIpc) is 3.07. The quantitative estimate of drug-likeness (QED) is 0.762. The zero-order valence-electron chi connectivity index (χ0n) is 17.5. The molecule has 3 rings (SSSR count). The van der Waals surface area contributed by atoms with E-state index in [0.717, 1.165) is 4.70 Å². The highest BCUT2D eigenvalue weighted by molar-refractivity contribution is 7.21. The first-order valence-corrected chi connectivity index (χ1v) is 10.9. The van der Waals surface area contributed by atoms with Gasteiger partial charge in [0.15, 0.2) is 0 Å². The molecule has 1 aromatic carbocycles. The number of halogens is 1. The molecule has 0 aliphatic carbocycles. The van der Waals surface area contributed by atoms with Gasteiger partial charge in [-0.05, 0) is 37.8 Å². The fourth-order valence-corrected chi connectivity index (χ4v) is 4.81. The molecular weight excluding hydrogens is 391 g/mol. The summed E-state index contributed by atoms with van der Waals surface area (Å²) in [5.74, 6) is -0.0550. The van der Waals surface area contributed by atoms with E-state index in [-0.39, 0.29) is 36.2 Å². The third-order valence-electron chi connectivity index (χ3n) is 5.77. The van der Waals surface area contributed by atoms with Crippen LogP contribution in [0.15, 0.2) is 18.2 Å². The molecule has 0 saturated carbocycles. The Bertz CT molecular complexity index is 888. The molecule has 7 heteroatoms. The molecule has 1 aliphatic rings. The summed E-state index contributed by atoms with van der Waals surface area (Å²) < 4.78 is 20.4. The summed E-state index contributed by atoms with van der Waals surface area (Å²) in [6, 6.07) is 5.02. The number of likely N-dealkylation sites (tertiary alicyclic amines) is 1. The maximum Gasteiger partial charge on any atom is 0.264 e. The van der Waals surface area contributed by atoms with E-state index in [0.29, 0.717) is 47.7 Å². The Morgan fingerprint density at radius 1 is 1.28 bits per heavy atom. The van der Waals surface area contributed by atoms with Gasteiger partial charge in [-0.1, -0.05) is 19.9 Å². The van der Waals surface area contributed by atoms with Gasteiger partial charge in [-0.15, -0.1) is 11.3 Å². The van der Waals surface area contributed by atoms with Gasteiger partial charge in [-0.25, -0.2) is 4.39 Å². The van der Waals surface area contributed by atoms with Gasteiger partial charge in [0.1, 0.15) is 5.82 Å². The molecule has 5 nitrogen and oxygen atoms in total. The molecule has 29 heavy (non-hydrogen) atoms. The predicted octanol–water partition coefficient (Wildman–Crippen LogP) is 4.20. The smallest absolute Gasteiger partial charge is 0.264 e. The van der Waals surface area contributed by atoms with E-state index in [1.807, 2.05) is 13.0 Å². The number of ether oxygens (including phenoxy) is 1. The van der Waals surface area contributed by atoms with Gasteiger partial charge in [-0.2, -0.15) is 0 Å². The number of nitrogens with one attached hydrogen (secondary N) is 1. The van der Waals surface area contributed by atoms with Crippen LogP contribution in [0.1, 0.15) is 48.8 Å². The first kappa shape index (κ1) is 21.7. The van der Waals surface area contributed by atoms with Gasteiger partial charge in [0, 0.05) is 47.8 Å². The second kappa shape index (κ2) is 9.22. The standard InChI is InChI=1S/C22H29FN2O3S/c1-13(2)14(3)24-21(26)15-8-10-25(11-9-15)22(27)20-16(12-28-4)19-17(23)6-5-7-18(19)29-20/h5-7,13-15H,8-12H2,1-4H3,(H,24,26). The summed E-state index contributed by atoms with van der Waals surface area (Å²) in [5, 5.41) is 3.55. The first-order chi connectivity index (χ1) is 13.8. The number of thiophene rings is 1. The molecule has 2 heterocycles. The van der Waals surface area contributed by atoms with Crippen molar-refractivity contribution in [2.24, 2.45) is 11.8 Å². The first-order valence-electron chi connectivity index (χ1n) is 10.1. The number of amides is 2. The maximum atomic E-state index is 14.4. The summed E-state index contributed by atoms with van der Waals surface area (Å²) in [5.41, 5.74) is 0.612. The van der Waals surface area contributed by atoms with E-state index in [4.69, 9.17) is 4.74 Å². The summed E-state index contributed by atoms with van der Waals surface area (Å²) in [6.45, 7) is 7.41. The zero-order valence-corrected chi connectivity index (χ0v) is 18.3. The summed E-state index contributed by atoms with van der Waals surface area (Å²) in [6.07, 6.45) is 1.28. The fraction of sp³-hybridized carbons (Fsp3) is 0.545. The number of rotatable bonds is 6. The Kier molecular flexibility index (Phi) is 6.90. The molecule has 2 aromatic rings. The number of nitrogens with zero attached hydrogens (tertiary/aromatic N) is 1. The average molecular weight is 421 g/mol. The molecule has 0 spiro atoms. The van der Waals surface area contributed by atoms with Crippen LogP contribution >= 0.6 is 11.3 Å². The lowest BCUT2D eigenvalue weighted by Crippen LogP contribution is -2.45. The van der Waals surface area contributed by atoms with Crippen LogP contribution in [-0.2, 0) is 16.1 Å². The second-order valence-corrected chi connectivity index (χ2v) is 9.12. The van der Waals surface area contributed by atoms with Crippen molar-refractivity contribution in [3.05, 3.63) is 34.5 Å². The van der Waals surface area contributed by atoms with Crippen LogP contribution in [0.3, 0.4) is 0 Å². The lowest BCUT2D eigenvalue weighted by Gasteiger charge is -2.32. The molecule has 0 radical (unpaired) electrons. The minimum absolute atomic E-state index is 0.0708. The molecule has 1 aromatic heterocycles. The molecule has 158 valence electrons. The Morgan fingerprint density at radius 2 is 1.97 bits per heavy atom. The van der Waals surface area contributed by atoms with Gasteiger partial charge in [0.2, 0.25) is 5.91 Å². The third-order valence-corrected chi connectivity index (χ3v) is 6.95. The number of methoxy groups -OCH3 is 1. The van der Waals surface area contributed by atoms with Crippen LogP contribution in [-0.4, -0.2) is 43.0 Å². The molecular formula is C22H29FN2O3S. The Labute approximate surface area is 175 Å². The number of piperidine rings is 1. The molecule has 1 fully saturated rings. The van der Waals surface area contributed by atoms with Gasteiger partial charge >= 0.3 is 0 Å². The molecule has 1 saturated heterocycles. The number of benzene rings is 1. The zero-order chi connectivity index (χ0) is 21.1. The van der Waals surface area contributed by atoms with E-state index in [9.17, 15) is 14.0 Å². The number of carbonyl (C=O) groups is 2. The van der Waals surface area contributed by atoms with Crippen LogP contribution in [0.25, 0.3) is 10.1 Å². The maximum absolute atomic E-state index is 14.4. The number of hydrogen-bond donors (Lipinski definition) is 1. The van der Waals surface area contributed by atoms with E-state index in [2.05, 4.69) is 19.2 Å². The number of carbonyl (C=O) groups excluding carboxylic acids is 2. The predicted molar refractivity (Wildman–Crippen MR) is 114 cm³/mol. The van der Waals surface area contributed by atoms with Crippen molar-refractivity contribution in [2.75, 3.05) is 20.2 Å². The topological polar surface area (TPSA) is 58.6 Å². The van der Waals surface area contributed by atoms with Gasteiger partial charge < -0.3 is 15.0 Å². The highest BCUT2D eigenvalue weighted by Crippen LogP contribution is 2.35. The number of hydrogen-bond acceptors (Lipinski definition) is 4. The van der Waals surface area contributed by atoms with Crippen LogP contribution in [0.5, 0.6) is 0 Å². The van der Waals surface area contributed by atoms with Crippen molar-refractivity contribution >= 4 is 33.2 Å². The summed E-state index contributed by atoms with van der Waals surface area (Å²) in [4.78, 5) is 28.0. The van der Waals surface area contributed by atoms with Gasteiger partial charge in [0.25, 0.3) is 5.91 Å². The van der Waals surface area contributed by atoms with Crippen molar-refractivity contribution in [1.82, 2.24) is 10.2 Å². The third kappa shape index (κ3) is 4.61. The molecule has 2 amide bonds. The van der Waals surface area contributed by atoms with Crippen molar-refractivity contribution in [3.63, 3.8) is 0 Å². The molecule has 1 aliphatic heterocycles. The van der Waals surface area contributed by atoms with Crippen molar-refractivity contribution in [1.29, 1.82) is 0 Å². The van der Waals surface area contributed by atoms with Gasteiger partial charge in [0.05, 0.1) is 11.5 Å². The van der Waals surface area contributed by atoms with E-state index < -0.39 is 0 Å². The Morgan fingerprint density at radius 3 is 2.59 bits per heavy atom. The normalized spacial score (nSPS) is 16.4. The minimum Gasteiger partial charge on any atom is -0.380 e. The summed E-state index contributed by atoms with van der Waals surface area (Å²) in [7, 11) is 1.54. The minimum atomic E-state index is -0.334. The van der Waals surface area contributed by atoms with Crippen LogP contribution in [0.2, 0.25) is 0 Å². The lowest BCUT2D eigenvalue weighted by molar-refractivity contribution is -0.127. The van der Waals surface area contributed by atoms with E-state index in [1.165, 1.54) is 17.4 Å². The summed E-state index contributed by atoms with van der Waals surface area (Å²) >= 11 is 1.31. The highest BCUT2D eigenvalue weighted by atomic mass is 32.1.